The average Bonchev–Trinajstić information content (AvgIpc) is 2.64. The lowest BCUT2D eigenvalue weighted by Crippen LogP contribution is -2.55. The lowest BCUT2D eigenvalue weighted by Gasteiger charge is -2.27. The number of hydrogen-bond donors (Lipinski definition) is 3. The summed E-state index contributed by atoms with van der Waals surface area (Å²) in [6.07, 6.45) is 6.15. The van der Waals surface area contributed by atoms with Crippen LogP contribution in [0.2, 0.25) is 0 Å². The van der Waals surface area contributed by atoms with E-state index in [4.69, 9.17) is 15.6 Å². The fourth-order valence-electron chi connectivity index (χ4n) is 2.25. The Hall–Kier alpha value is -1.14. The van der Waals surface area contributed by atoms with E-state index in [1.807, 2.05) is 0 Å². The predicted octanol–water partition coefficient (Wildman–Crippen LogP) is 1.03. The van der Waals surface area contributed by atoms with E-state index in [0.717, 1.165) is 12.8 Å². The highest BCUT2D eigenvalue weighted by molar-refractivity contribution is 5.80. The minimum atomic E-state index is -1.57. The molecule has 1 saturated carbocycles. The second-order valence-electron chi connectivity index (χ2n) is 5.79. The molecule has 0 radical (unpaired) electrons. The molecule has 1 rings (SSSR count). The third-order valence-electron chi connectivity index (χ3n) is 4.00. The fraction of sp³-hybridized carbons (Fsp3) is 0.857. The molecule has 1 fully saturated rings. The SMILES string of the molecule is C[C@@H](OC(=O)CNC1CCCCCC1)[C@](C)(N)C(=O)O. The second-order valence-corrected chi connectivity index (χ2v) is 5.79. The Morgan fingerprint density at radius 1 is 1.35 bits per heavy atom. The molecule has 0 unspecified atom stereocenters. The fourth-order valence-corrected chi connectivity index (χ4v) is 2.25. The quantitative estimate of drug-likeness (QED) is 0.498. The maximum Gasteiger partial charge on any atom is 0.327 e. The Labute approximate surface area is 120 Å². The summed E-state index contributed by atoms with van der Waals surface area (Å²) in [5, 5.41) is 12.1. The van der Waals surface area contributed by atoms with Gasteiger partial charge in [0.25, 0.3) is 0 Å². The number of nitrogens with two attached hydrogens (primary N) is 1. The van der Waals surface area contributed by atoms with Gasteiger partial charge in [0.05, 0.1) is 6.54 Å². The molecule has 0 spiro atoms. The number of hydrogen-bond acceptors (Lipinski definition) is 5. The van der Waals surface area contributed by atoms with Crippen molar-refractivity contribution in [3.05, 3.63) is 0 Å². The van der Waals surface area contributed by atoms with Crippen LogP contribution in [0.1, 0.15) is 52.4 Å². The molecule has 4 N–H and O–H groups in total. The Kier molecular flexibility index (Phi) is 6.42. The summed E-state index contributed by atoms with van der Waals surface area (Å²) in [6, 6.07) is 0.351. The largest absolute Gasteiger partial charge is 0.480 e. The number of carboxylic acid groups (broad SMARTS) is 1. The highest BCUT2D eigenvalue weighted by Crippen LogP contribution is 2.17. The van der Waals surface area contributed by atoms with Gasteiger partial charge in [0.1, 0.15) is 11.6 Å². The monoisotopic (exact) mass is 286 g/mol. The van der Waals surface area contributed by atoms with Gasteiger partial charge in [-0.2, -0.15) is 0 Å². The molecule has 0 amide bonds. The smallest absolute Gasteiger partial charge is 0.327 e. The zero-order chi connectivity index (χ0) is 15.2. The summed E-state index contributed by atoms with van der Waals surface area (Å²) < 4.78 is 5.09. The van der Waals surface area contributed by atoms with Crippen LogP contribution in [0.5, 0.6) is 0 Å². The molecule has 0 bridgehead atoms. The van der Waals surface area contributed by atoms with Gasteiger partial charge in [-0.3, -0.25) is 9.59 Å². The predicted molar refractivity (Wildman–Crippen MR) is 75.3 cm³/mol. The van der Waals surface area contributed by atoms with Crippen molar-refractivity contribution in [2.75, 3.05) is 6.54 Å². The number of nitrogens with one attached hydrogen (secondary N) is 1. The van der Waals surface area contributed by atoms with Crippen LogP contribution < -0.4 is 11.1 Å². The van der Waals surface area contributed by atoms with E-state index in [1.165, 1.54) is 39.5 Å². The molecular weight excluding hydrogens is 260 g/mol. The van der Waals surface area contributed by atoms with Crippen LogP contribution >= 0.6 is 0 Å². The molecular formula is C14H26N2O4. The summed E-state index contributed by atoms with van der Waals surface area (Å²) in [7, 11) is 0. The lowest BCUT2D eigenvalue weighted by molar-refractivity contribution is -0.158. The first-order valence-corrected chi connectivity index (χ1v) is 7.29. The van der Waals surface area contributed by atoms with Crippen molar-refractivity contribution in [1.82, 2.24) is 5.32 Å². The van der Waals surface area contributed by atoms with E-state index in [9.17, 15) is 9.59 Å². The van der Waals surface area contributed by atoms with Gasteiger partial charge in [0, 0.05) is 6.04 Å². The average molecular weight is 286 g/mol. The Morgan fingerprint density at radius 2 is 1.90 bits per heavy atom. The first-order valence-electron chi connectivity index (χ1n) is 7.29. The van der Waals surface area contributed by atoms with Gasteiger partial charge in [-0.25, -0.2) is 0 Å². The van der Waals surface area contributed by atoms with E-state index in [0.29, 0.717) is 6.04 Å². The van der Waals surface area contributed by atoms with Gasteiger partial charge in [0.15, 0.2) is 0 Å². The van der Waals surface area contributed by atoms with Gasteiger partial charge in [-0.1, -0.05) is 25.7 Å². The van der Waals surface area contributed by atoms with Gasteiger partial charge >= 0.3 is 11.9 Å². The van der Waals surface area contributed by atoms with Gasteiger partial charge < -0.3 is 20.9 Å². The zero-order valence-electron chi connectivity index (χ0n) is 12.4. The van der Waals surface area contributed by atoms with E-state index in [-0.39, 0.29) is 6.54 Å². The molecule has 2 atom stereocenters. The number of carboxylic acids is 1. The number of esters is 1. The number of rotatable bonds is 6. The molecule has 6 nitrogen and oxygen atoms in total. The summed E-state index contributed by atoms with van der Waals surface area (Å²) >= 11 is 0. The van der Waals surface area contributed by atoms with Gasteiger partial charge in [0.2, 0.25) is 0 Å². The summed E-state index contributed by atoms with van der Waals surface area (Å²) in [6.45, 7) is 2.94. The molecule has 1 aliphatic carbocycles. The number of carbonyl (C=O) groups excluding carboxylic acids is 1. The minimum Gasteiger partial charge on any atom is -0.480 e. The van der Waals surface area contributed by atoms with Crippen LogP contribution in [0.25, 0.3) is 0 Å². The van der Waals surface area contributed by atoms with Crippen molar-refractivity contribution in [1.29, 1.82) is 0 Å². The maximum atomic E-state index is 11.7. The molecule has 1 aliphatic rings. The maximum absolute atomic E-state index is 11.7. The Balaban J connectivity index is 2.34. The van der Waals surface area contributed by atoms with Crippen LogP contribution in [0, 0.1) is 0 Å². The van der Waals surface area contributed by atoms with Crippen LogP contribution in [0.15, 0.2) is 0 Å². The van der Waals surface area contributed by atoms with E-state index in [1.54, 1.807) is 0 Å². The van der Waals surface area contributed by atoms with Crippen molar-refractivity contribution < 1.29 is 19.4 Å². The lowest BCUT2D eigenvalue weighted by atomic mass is 9.98. The molecule has 0 saturated heterocycles. The first-order chi connectivity index (χ1) is 9.34. The van der Waals surface area contributed by atoms with Crippen LogP contribution in [-0.2, 0) is 14.3 Å². The summed E-state index contributed by atoms with van der Waals surface area (Å²) in [4.78, 5) is 22.7. The van der Waals surface area contributed by atoms with Crippen molar-refractivity contribution in [3.8, 4) is 0 Å². The van der Waals surface area contributed by atoms with Gasteiger partial charge in [-0.15, -0.1) is 0 Å². The van der Waals surface area contributed by atoms with Crippen LogP contribution in [0.3, 0.4) is 0 Å². The summed E-state index contributed by atoms with van der Waals surface area (Å²) in [5.74, 6) is -1.64. The highest BCUT2D eigenvalue weighted by Gasteiger charge is 2.37. The van der Waals surface area contributed by atoms with Crippen molar-refractivity contribution in [2.45, 2.75) is 70.1 Å². The van der Waals surface area contributed by atoms with Crippen LogP contribution in [0.4, 0.5) is 0 Å². The number of aliphatic carboxylic acids is 1. The molecule has 0 aromatic carbocycles. The first kappa shape index (κ1) is 16.9. The van der Waals surface area contributed by atoms with Gasteiger partial charge in [-0.05, 0) is 26.7 Å². The van der Waals surface area contributed by atoms with Crippen molar-refractivity contribution in [2.24, 2.45) is 5.73 Å². The molecule has 0 aromatic heterocycles. The third-order valence-corrected chi connectivity index (χ3v) is 4.00. The van der Waals surface area contributed by atoms with Crippen LogP contribution in [-0.4, -0.2) is 41.3 Å². The minimum absolute atomic E-state index is 0.102. The number of ether oxygens (including phenoxy) is 1. The molecule has 6 heteroatoms. The molecule has 0 heterocycles. The Morgan fingerprint density at radius 3 is 2.40 bits per heavy atom. The molecule has 0 aliphatic heterocycles. The molecule has 116 valence electrons. The zero-order valence-corrected chi connectivity index (χ0v) is 12.4. The number of carbonyl (C=O) groups is 2. The molecule has 20 heavy (non-hydrogen) atoms. The third kappa shape index (κ3) is 5.09. The van der Waals surface area contributed by atoms with E-state index in [2.05, 4.69) is 5.32 Å². The van der Waals surface area contributed by atoms with Crippen molar-refractivity contribution >= 4 is 11.9 Å². The highest BCUT2D eigenvalue weighted by atomic mass is 16.5. The second kappa shape index (κ2) is 7.59. The summed E-state index contributed by atoms with van der Waals surface area (Å²) in [5.41, 5.74) is 4.04. The topological polar surface area (TPSA) is 102 Å². The van der Waals surface area contributed by atoms with E-state index < -0.39 is 23.6 Å². The normalized spacial score (nSPS) is 21.6. The molecule has 0 aromatic rings. The van der Waals surface area contributed by atoms with Crippen molar-refractivity contribution in [3.63, 3.8) is 0 Å². The standard InChI is InChI=1S/C14H26N2O4/c1-10(14(2,15)13(18)19)20-12(17)9-16-11-7-5-3-4-6-8-11/h10-11,16H,3-9,15H2,1-2H3,(H,18,19)/t10-,14+/m1/s1. The van der Waals surface area contributed by atoms with E-state index >= 15 is 0 Å². The Bertz CT molecular complexity index is 336.